The van der Waals surface area contributed by atoms with Crippen LogP contribution in [0.1, 0.15) is 0 Å². The van der Waals surface area contributed by atoms with Gasteiger partial charge in [-0.3, -0.25) is 0 Å². The Kier molecular flexibility index (Phi) is 18.7. The first kappa shape index (κ1) is 67.1. The second kappa shape index (κ2) is 30.3. The first-order valence-electron chi connectivity index (χ1n) is 36.8. The Morgan fingerprint density at radius 1 is 0.183 bits per heavy atom. The molecule has 516 valence electrons. The molecule has 5 heteroatoms. The Bertz CT molecular complexity index is 6660. The van der Waals surface area contributed by atoms with Gasteiger partial charge in [0.2, 0.25) is 0 Å². The third-order valence-electron chi connectivity index (χ3n) is 20.5. The fourth-order valence-corrected chi connectivity index (χ4v) is 15.4. The summed E-state index contributed by atoms with van der Waals surface area (Å²) < 4.78 is 13.7. The molecule has 18 aromatic carbocycles. The Morgan fingerprint density at radius 3 is 1.06 bits per heavy atom. The van der Waals surface area contributed by atoms with Crippen LogP contribution in [0, 0.1) is 0 Å². The summed E-state index contributed by atoms with van der Waals surface area (Å²) in [6, 6.07) is 148. The monoisotopic (exact) mass is 1460 g/mol. The molecule has 0 fully saturated rings. The Hall–Kier alpha value is -13.8. The van der Waals surface area contributed by atoms with Crippen LogP contribution >= 0.6 is 15.9 Å². The maximum absolute atomic E-state index is 6.42. The van der Waals surface area contributed by atoms with Crippen molar-refractivity contribution >= 4 is 104 Å². The van der Waals surface area contributed by atoms with Gasteiger partial charge in [-0.2, -0.15) is 0 Å². The minimum atomic E-state index is 0.905. The van der Waals surface area contributed by atoms with E-state index in [-0.39, 0.29) is 0 Å². The number of rotatable bonds is 13. The van der Waals surface area contributed by atoms with Crippen LogP contribution < -0.4 is 10.6 Å². The van der Waals surface area contributed by atoms with Gasteiger partial charge in [-0.15, -0.1) is 0 Å². The number of furan rings is 2. The molecule has 0 saturated heterocycles. The van der Waals surface area contributed by atoms with E-state index in [1.54, 1.807) is 0 Å². The minimum Gasteiger partial charge on any atom is -0.455 e. The summed E-state index contributed by atoms with van der Waals surface area (Å²) >= 11 is 3.66. The molecule has 2 N–H and O–H groups in total. The van der Waals surface area contributed by atoms with Crippen molar-refractivity contribution in [3.05, 3.63) is 423 Å². The van der Waals surface area contributed by atoms with E-state index in [0.29, 0.717) is 0 Å². The zero-order chi connectivity index (χ0) is 72.8. The van der Waals surface area contributed by atoms with E-state index in [2.05, 4.69) is 409 Å². The molecule has 0 radical (unpaired) electrons. The van der Waals surface area contributed by atoms with Crippen LogP contribution in [0.2, 0.25) is 0 Å². The van der Waals surface area contributed by atoms with E-state index in [4.69, 9.17) is 8.83 Å². The van der Waals surface area contributed by atoms with Gasteiger partial charge < -0.3 is 19.5 Å². The molecule has 20 aromatic rings. The number of nitrogens with one attached hydrogen (secondary N) is 2. The fraction of sp³-hybridized carbons (Fsp3) is 0. The summed E-state index contributed by atoms with van der Waals surface area (Å²) in [4.78, 5) is 0. The third kappa shape index (κ3) is 14.2. The van der Waals surface area contributed by atoms with E-state index in [1.807, 2.05) is 36.4 Å². The van der Waals surface area contributed by atoms with Crippen molar-refractivity contribution in [3.63, 3.8) is 0 Å². The highest BCUT2D eigenvalue weighted by Gasteiger charge is 2.18. The van der Waals surface area contributed by atoms with Crippen molar-refractivity contribution in [3.8, 4) is 100 Å². The first-order chi connectivity index (χ1) is 53.9. The van der Waals surface area contributed by atoms with Gasteiger partial charge in [-0.1, -0.05) is 350 Å². The molecule has 0 aliphatic rings. The van der Waals surface area contributed by atoms with Gasteiger partial charge in [-0.05, 0) is 184 Å². The lowest BCUT2D eigenvalue weighted by atomic mass is 9.94. The molecular formula is C104H71BrN2O2. The minimum absolute atomic E-state index is 0.905. The Balaban J connectivity index is 0.000000127. The molecule has 109 heavy (non-hydrogen) atoms. The second-order valence-corrected chi connectivity index (χ2v) is 28.2. The van der Waals surface area contributed by atoms with Crippen molar-refractivity contribution in [2.24, 2.45) is 0 Å². The van der Waals surface area contributed by atoms with Gasteiger partial charge in [0.25, 0.3) is 0 Å². The summed E-state index contributed by atoms with van der Waals surface area (Å²) in [5.41, 5.74) is 29.0. The van der Waals surface area contributed by atoms with Crippen LogP contribution in [0.3, 0.4) is 0 Å². The molecule has 0 atom stereocenters. The topological polar surface area (TPSA) is 50.3 Å². The number of hydrogen-bond donors (Lipinski definition) is 2. The smallest absolute Gasteiger partial charge is 0.143 e. The maximum atomic E-state index is 6.42. The van der Waals surface area contributed by atoms with E-state index in [1.165, 1.54) is 77.2 Å². The van der Waals surface area contributed by atoms with Crippen LogP contribution in [0.4, 0.5) is 22.7 Å². The van der Waals surface area contributed by atoms with Gasteiger partial charge in [-0.25, -0.2) is 0 Å². The quantitative estimate of drug-likeness (QED) is 0.121. The Morgan fingerprint density at radius 2 is 0.523 bits per heavy atom. The SMILES string of the molecule is Brc1ccccc1-c1cccc(-c2cccc3c2oc2ccccc23)c1.c1ccc(-c2ccc(-c3cc(-c4ccc5ccccc5c4)ccc3Nc3ccccc3-c3cccc(-c4cccc5c4oc4ccccc45)c3)cc2)cc1.c1ccc(-c2ccc(Nc3ccc(-c4ccc5ccccc5c4)cc3)cc2)cc1. The summed E-state index contributed by atoms with van der Waals surface area (Å²) in [5, 5.41) is 17.0. The standard InChI is InChI=1S/C52H35NO.C28H21N.C24H15BrO/c1-2-12-35(13-3-1)37-24-27-38(28-25-37)48-34-41(40-29-26-36-14-4-5-15-39(36)32-40)30-31-50(48)53-49-22-8-6-18-44(49)42-16-10-17-43(33-42)45-20-11-21-47-46-19-7-9-23-51(46)54-52(45)47;1-2-6-21(7-3-1)23-12-16-27(17-13-23)29-28-18-14-24(15-19-28)26-11-10-22-8-4-5-9-25(22)20-26;25-22-13-3-1-9-18(22)16-7-5-8-17(15-16)19-11-6-12-21-20-10-2-4-14-23(20)26-24(19)21/h1-34,53H;1-20,29H;1-15H. The number of benzene rings is 18. The van der Waals surface area contributed by atoms with Crippen LogP contribution in [0.5, 0.6) is 0 Å². The van der Waals surface area contributed by atoms with Crippen molar-refractivity contribution < 1.29 is 8.83 Å². The molecule has 2 aromatic heterocycles. The molecule has 0 bridgehead atoms. The van der Waals surface area contributed by atoms with Gasteiger partial charge in [0.1, 0.15) is 22.3 Å². The normalized spacial score (nSPS) is 11.2. The highest BCUT2D eigenvalue weighted by Crippen LogP contribution is 2.43. The zero-order valence-electron chi connectivity index (χ0n) is 59.5. The van der Waals surface area contributed by atoms with Gasteiger partial charge in [0.05, 0.1) is 0 Å². The van der Waals surface area contributed by atoms with Crippen molar-refractivity contribution in [2.45, 2.75) is 0 Å². The van der Waals surface area contributed by atoms with Crippen LogP contribution in [-0.4, -0.2) is 0 Å². The highest BCUT2D eigenvalue weighted by atomic mass is 79.9. The zero-order valence-corrected chi connectivity index (χ0v) is 61.1. The van der Waals surface area contributed by atoms with Gasteiger partial charge in [0, 0.05) is 71.0 Å². The lowest BCUT2D eigenvalue weighted by molar-refractivity contribution is 0.669. The molecule has 0 unspecified atom stereocenters. The van der Waals surface area contributed by atoms with E-state index >= 15 is 0 Å². The predicted octanol–water partition coefficient (Wildman–Crippen LogP) is 30.4. The molecular weight excluding hydrogens is 1390 g/mol. The van der Waals surface area contributed by atoms with Crippen molar-refractivity contribution in [2.75, 3.05) is 10.6 Å². The van der Waals surface area contributed by atoms with E-state index < -0.39 is 0 Å². The average Bonchev–Trinajstić information content (AvgIpc) is 1.66. The number of halogens is 1. The molecule has 2 heterocycles. The molecule has 0 amide bonds. The van der Waals surface area contributed by atoms with Crippen LogP contribution in [0.15, 0.2) is 432 Å². The number of para-hydroxylation sites is 5. The fourth-order valence-electron chi connectivity index (χ4n) is 14.9. The molecule has 0 spiro atoms. The summed E-state index contributed by atoms with van der Waals surface area (Å²) in [6.45, 7) is 0. The molecule has 0 aliphatic carbocycles. The Labute approximate surface area is 642 Å². The molecule has 4 nitrogen and oxygen atoms in total. The van der Waals surface area contributed by atoms with Crippen molar-refractivity contribution in [1.82, 2.24) is 0 Å². The summed E-state index contributed by atoms with van der Waals surface area (Å²) in [6.07, 6.45) is 0. The summed E-state index contributed by atoms with van der Waals surface area (Å²) in [5.74, 6) is 0. The lowest BCUT2D eigenvalue weighted by Gasteiger charge is -2.18. The van der Waals surface area contributed by atoms with Gasteiger partial charge >= 0.3 is 0 Å². The average molecular weight is 1460 g/mol. The third-order valence-corrected chi connectivity index (χ3v) is 21.2. The molecule has 20 rings (SSSR count). The lowest BCUT2D eigenvalue weighted by Crippen LogP contribution is -1.97. The number of hydrogen-bond acceptors (Lipinski definition) is 4. The largest absolute Gasteiger partial charge is 0.455 e. The summed E-state index contributed by atoms with van der Waals surface area (Å²) in [7, 11) is 0. The van der Waals surface area contributed by atoms with Crippen LogP contribution in [0.25, 0.3) is 166 Å². The molecule has 0 saturated carbocycles. The van der Waals surface area contributed by atoms with Crippen LogP contribution in [-0.2, 0) is 0 Å². The van der Waals surface area contributed by atoms with E-state index in [9.17, 15) is 0 Å². The highest BCUT2D eigenvalue weighted by molar-refractivity contribution is 9.10. The molecule has 0 aliphatic heterocycles. The first-order valence-corrected chi connectivity index (χ1v) is 37.6. The maximum Gasteiger partial charge on any atom is 0.143 e. The van der Waals surface area contributed by atoms with E-state index in [0.717, 1.165) is 116 Å². The number of fused-ring (bicyclic) bond motifs is 8. The van der Waals surface area contributed by atoms with Gasteiger partial charge in [0.15, 0.2) is 0 Å². The van der Waals surface area contributed by atoms with Crippen molar-refractivity contribution in [1.29, 1.82) is 0 Å². The number of anilines is 4. The second-order valence-electron chi connectivity index (χ2n) is 27.3. The predicted molar refractivity (Wildman–Crippen MR) is 465 cm³/mol.